The number of benzene rings is 1. The van der Waals surface area contributed by atoms with Gasteiger partial charge in [-0.15, -0.1) is 4.65 Å². The van der Waals surface area contributed by atoms with Crippen molar-refractivity contribution in [3.63, 3.8) is 0 Å². The van der Waals surface area contributed by atoms with Crippen molar-refractivity contribution in [3.8, 4) is 0 Å². The van der Waals surface area contributed by atoms with Crippen molar-refractivity contribution in [1.82, 2.24) is 4.65 Å². The number of para-hydroxylation sites is 1. The highest BCUT2D eigenvalue weighted by Crippen LogP contribution is 2.25. The van der Waals surface area contributed by atoms with Crippen LogP contribution in [0.25, 0.3) is 0 Å². The van der Waals surface area contributed by atoms with Gasteiger partial charge in [0.05, 0.1) is 0 Å². The molecule has 0 aliphatic heterocycles. The van der Waals surface area contributed by atoms with Crippen LogP contribution in [0, 0.1) is 5.92 Å². The fraction of sp³-hybridized carbons (Fsp3) is 0.571. The van der Waals surface area contributed by atoms with E-state index in [9.17, 15) is 5.21 Å². The maximum Gasteiger partial charge on any atom is 0.165 e. The van der Waals surface area contributed by atoms with Gasteiger partial charge in [0.1, 0.15) is 12.6 Å². The standard InChI is InChI=1S/C14H24NO/c1-12(2)10-11-15(16,13(3)4)14-8-6-5-7-9-14/h5-9,12-13,16H,10-11H2,1-4H3/q+1. The third-order valence-electron chi connectivity index (χ3n) is 3.10. The van der Waals surface area contributed by atoms with Crippen molar-refractivity contribution in [3.05, 3.63) is 30.3 Å². The summed E-state index contributed by atoms with van der Waals surface area (Å²) >= 11 is 0. The Labute approximate surface area is 99.1 Å². The topological polar surface area (TPSA) is 20.2 Å². The summed E-state index contributed by atoms with van der Waals surface area (Å²) in [4.78, 5) is 0. The molecule has 2 heteroatoms. The minimum atomic E-state index is 0.0407. The molecule has 0 bridgehead atoms. The molecular formula is C14H24NO+. The first-order valence-corrected chi connectivity index (χ1v) is 6.13. The number of nitrogens with zero attached hydrogens (tertiary/aromatic N) is 1. The lowest BCUT2D eigenvalue weighted by molar-refractivity contribution is -0.107. The Bertz CT molecular complexity index is 308. The van der Waals surface area contributed by atoms with Crippen LogP contribution in [0.3, 0.4) is 0 Å². The first-order chi connectivity index (χ1) is 7.47. The number of rotatable bonds is 5. The fourth-order valence-electron chi connectivity index (χ4n) is 1.83. The molecule has 0 heterocycles. The van der Waals surface area contributed by atoms with Crippen LogP contribution in [0.1, 0.15) is 34.1 Å². The van der Waals surface area contributed by atoms with Crippen LogP contribution in [0.5, 0.6) is 0 Å². The lowest BCUT2D eigenvalue weighted by Crippen LogP contribution is -2.52. The second-order valence-corrected chi connectivity index (χ2v) is 5.16. The molecule has 0 amide bonds. The van der Waals surface area contributed by atoms with E-state index >= 15 is 0 Å². The third kappa shape index (κ3) is 3.06. The van der Waals surface area contributed by atoms with Gasteiger partial charge in [0, 0.05) is 18.6 Å². The SMILES string of the molecule is CC(C)CC[N+](O)(c1ccccc1)C(C)C. The number of hydrogen-bond acceptors (Lipinski definition) is 1. The molecule has 0 radical (unpaired) electrons. The molecule has 1 atom stereocenters. The van der Waals surface area contributed by atoms with Gasteiger partial charge in [0.2, 0.25) is 0 Å². The quantitative estimate of drug-likeness (QED) is 0.593. The van der Waals surface area contributed by atoms with Crippen molar-refractivity contribution in [2.75, 3.05) is 6.54 Å². The van der Waals surface area contributed by atoms with Gasteiger partial charge < -0.3 is 0 Å². The third-order valence-corrected chi connectivity index (χ3v) is 3.10. The molecule has 16 heavy (non-hydrogen) atoms. The average molecular weight is 222 g/mol. The molecule has 2 nitrogen and oxygen atoms in total. The molecule has 0 saturated heterocycles. The molecule has 0 fully saturated rings. The monoisotopic (exact) mass is 222 g/mol. The van der Waals surface area contributed by atoms with Gasteiger partial charge >= 0.3 is 0 Å². The zero-order valence-electron chi connectivity index (χ0n) is 10.9. The summed E-state index contributed by atoms with van der Waals surface area (Å²) in [5, 5.41) is 10.7. The predicted molar refractivity (Wildman–Crippen MR) is 69.5 cm³/mol. The fourth-order valence-corrected chi connectivity index (χ4v) is 1.83. The van der Waals surface area contributed by atoms with Gasteiger partial charge in [-0.25, -0.2) is 5.21 Å². The summed E-state index contributed by atoms with van der Waals surface area (Å²) in [5.41, 5.74) is 0.984. The van der Waals surface area contributed by atoms with Crippen LogP contribution >= 0.6 is 0 Å². The zero-order chi connectivity index (χ0) is 12.2. The molecular weight excluding hydrogens is 198 g/mol. The van der Waals surface area contributed by atoms with Crippen LogP contribution in [0.15, 0.2) is 30.3 Å². The largest absolute Gasteiger partial charge is 0.211 e. The molecule has 0 aromatic heterocycles. The molecule has 0 saturated carbocycles. The lowest BCUT2D eigenvalue weighted by Gasteiger charge is -2.34. The van der Waals surface area contributed by atoms with Crippen molar-refractivity contribution in [2.45, 2.75) is 40.2 Å². The Balaban J connectivity index is 2.89. The minimum absolute atomic E-state index is 0.0407. The second-order valence-electron chi connectivity index (χ2n) is 5.16. The smallest absolute Gasteiger partial charge is 0.165 e. The Hall–Kier alpha value is -0.860. The molecule has 1 rings (SSSR count). The number of hydroxylamine groups is 2. The average Bonchev–Trinajstić information content (AvgIpc) is 2.26. The van der Waals surface area contributed by atoms with Gasteiger partial charge in [-0.2, -0.15) is 0 Å². The highest BCUT2D eigenvalue weighted by Gasteiger charge is 2.32. The summed E-state index contributed by atoms with van der Waals surface area (Å²) in [6, 6.07) is 10.1. The minimum Gasteiger partial charge on any atom is -0.211 e. The Kier molecular flexibility index (Phi) is 4.51. The van der Waals surface area contributed by atoms with Crippen molar-refractivity contribution in [2.24, 2.45) is 5.92 Å². The molecule has 1 unspecified atom stereocenters. The highest BCUT2D eigenvalue weighted by molar-refractivity contribution is 5.40. The maximum absolute atomic E-state index is 10.7. The van der Waals surface area contributed by atoms with Crippen LogP contribution in [-0.2, 0) is 0 Å². The summed E-state index contributed by atoms with van der Waals surface area (Å²) in [7, 11) is 0. The highest BCUT2D eigenvalue weighted by atomic mass is 16.5. The first-order valence-electron chi connectivity index (χ1n) is 6.13. The van der Waals surface area contributed by atoms with Crippen molar-refractivity contribution < 1.29 is 5.21 Å². The van der Waals surface area contributed by atoms with E-state index in [1.54, 1.807) is 0 Å². The van der Waals surface area contributed by atoms with E-state index in [0.717, 1.165) is 18.7 Å². The van der Waals surface area contributed by atoms with Gasteiger partial charge in [-0.3, -0.25) is 0 Å². The molecule has 0 spiro atoms. The van der Waals surface area contributed by atoms with E-state index in [0.29, 0.717) is 5.92 Å². The summed E-state index contributed by atoms with van der Waals surface area (Å²) < 4.78 is 0.0407. The summed E-state index contributed by atoms with van der Waals surface area (Å²) in [6.07, 6.45) is 1.03. The normalized spacial score (nSPS) is 15.4. The predicted octanol–water partition coefficient (Wildman–Crippen LogP) is 3.84. The molecule has 90 valence electrons. The van der Waals surface area contributed by atoms with E-state index in [4.69, 9.17) is 0 Å². The van der Waals surface area contributed by atoms with E-state index in [2.05, 4.69) is 27.7 Å². The second kappa shape index (κ2) is 5.46. The summed E-state index contributed by atoms with van der Waals surface area (Å²) in [6.45, 7) is 9.28. The van der Waals surface area contributed by atoms with Gasteiger partial charge in [-0.05, 0) is 19.8 Å². The van der Waals surface area contributed by atoms with Crippen LogP contribution < -0.4 is 4.65 Å². The van der Waals surface area contributed by atoms with Crippen LogP contribution in [0.2, 0.25) is 0 Å². The van der Waals surface area contributed by atoms with Gasteiger partial charge in [0.15, 0.2) is 5.69 Å². The number of hydrogen-bond donors (Lipinski definition) is 1. The maximum atomic E-state index is 10.7. The van der Waals surface area contributed by atoms with Gasteiger partial charge in [0.25, 0.3) is 0 Å². The lowest BCUT2D eigenvalue weighted by atomic mass is 10.1. The zero-order valence-corrected chi connectivity index (χ0v) is 10.9. The Morgan fingerprint density at radius 1 is 1.06 bits per heavy atom. The van der Waals surface area contributed by atoms with E-state index in [1.807, 2.05) is 30.3 Å². The van der Waals surface area contributed by atoms with Gasteiger partial charge in [-0.1, -0.05) is 32.0 Å². The van der Waals surface area contributed by atoms with Crippen LogP contribution in [-0.4, -0.2) is 17.8 Å². The Morgan fingerprint density at radius 3 is 2.06 bits per heavy atom. The van der Waals surface area contributed by atoms with E-state index in [1.165, 1.54) is 0 Å². The molecule has 1 aromatic rings. The molecule has 1 N–H and O–H groups in total. The van der Waals surface area contributed by atoms with E-state index < -0.39 is 0 Å². The molecule has 1 aromatic carbocycles. The van der Waals surface area contributed by atoms with Crippen LogP contribution in [0.4, 0.5) is 5.69 Å². The molecule has 0 aliphatic carbocycles. The van der Waals surface area contributed by atoms with E-state index in [-0.39, 0.29) is 10.7 Å². The number of quaternary nitrogens is 1. The Morgan fingerprint density at radius 2 is 1.62 bits per heavy atom. The van der Waals surface area contributed by atoms with Crippen molar-refractivity contribution in [1.29, 1.82) is 0 Å². The van der Waals surface area contributed by atoms with Crippen molar-refractivity contribution >= 4 is 5.69 Å². The summed E-state index contributed by atoms with van der Waals surface area (Å²) in [5.74, 6) is 0.618. The first kappa shape index (κ1) is 13.2. The molecule has 0 aliphatic rings.